The Kier molecular flexibility index (Phi) is 3.78. The van der Waals surface area contributed by atoms with Gasteiger partial charge in [-0.3, -0.25) is 4.99 Å². The van der Waals surface area contributed by atoms with Gasteiger partial charge >= 0.3 is 0 Å². The van der Waals surface area contributed by atoms with Crippen LogP contribution < -0.4 is 5.32 Å². The summed E-state index contributed by atoms with van der Waals surface area (Å²) in [4.78, 5) is 4.65. The number of thioether (sulfide) groups is 1. The fraction of sp³-hybridized carbons (Fsp3) is 0.357. The van der Waals surface area contributed by atoms with Gasteiger partial charge in [-0.05, 0) is 31.5 Å². The van der Waals surface area contributed by atoms with Crippen LogP contribution in [0.15, 0.2) is 23.2 Å². The lowest BCUT2D eigenvalue weighted by Crippen LogP contribution is -2.20. The largest absolute Gasteiger partial charge is 0.335 e. The van der Waals surface area contributed by atoms with Crippen LogP contribution in [0, 0.1) is 22.7 Å². The number of nitrogens with zero attached hydrogens (tertiary/aromatic N) is 3. The van der Waals surface area contributed by atoms with Gasteiger partial charge in [0.25, 0.3) is 0 Å². The van der Waals surface area contributed by atoms with Gasteiger partial charge < -0.3 is 5.32 Å². The topological polar surface area (TPSA) is 72.0 Å². The molecule has 0 aromatic heterocycles. The number of hydrogen-bond donors (Lipinski definition) is 1. The molecule has 1 atom stereocenters. The molecule has 0 radical (unpaired) electrons. The van der Waals surface area contributed by atoms with E-state index in [1.165, 1.54) is 0 Å². The van der Waals surface area contributed by atoms with Crippen molar-refractivity contribution in [3.05, 3.63) is 29.3 Å². The molecule has 1 aliphatic rings. The Morgan fingerprint density at radius 2 is 2.11 bits per heavy atom. The van der Waals surface area contributed by atoms with E-state index in [1.54, 1.807) is 30.0 Å². The predicted molar refractivity (Wildman–Crippen MR) is 78.1 cm³/mol. The van der Waals surface area contributed by atoms with Crippen molar-refractivity contribution < 1.29 is 0 Å². The van der Waals surface area contributed by atoms with E-state index in [4.69, 9.17) is 10.5 Å². The third-order valence-electron chi connectivity index (χ3n) is 3.16. The van der Waals surface area contributed by atoms with Gasteiger partial charge in [0.15, 0.2) is 5.17 Å². The van der Waals surface area contributed by atoms with Crippen molar-refractivity contribution in [3.8, 4) is 12.1 Å². The molecule has 0 spiro atoms. The smallest absolute Gasteiger partial charge is 0.161 e. The van der Waals surface area contributed by atoms with Crippen LogP contribution in [0.1, 0.15) is 31.4 Å². The summed E-state index contributed by atoms with van der Waals surface area (Å²) in [6, 6.07) is 9.17. The SMILES string of the molecule is CCC1(C)CSC(Nc2ccc(C#N)c(C#N)c2)=N1. The van der Waals surface area contributed by atoms with E-state index in [9.17, 15) is 0 Å². The van der Waals surface area contributed by atoms with Crippen LogP contribution in [0.3, 0.4) is 0 Å². The standard InChI is InChI=1S/C14H14N4S/c1-3-14(2)9-19-13(18-14)17-12-5-4-10(7-15)11(6-12)8-16/h4-6H,3,9H2,1-2H3,(H,17,18). The molecule has 4 nitrogen and oxygen atoms in total. The van der Waals surface area contributed by atoms with Gasteiger partial charge in [-0.2, -0.15) is 10.5 Å². The zero-order valence-electron chi connectivity index (χ0n) is 10.9. The highest BCUT2D eigenvalue weighted by molar-refractivity contribution is 8.14. The van der Waals surface area contributed by atoms with Crippen molar-refractivity contribution in [2.75, 3.05) is 11.1 Å². The molecule has 0 aliphatic carbocycles. The minimum Gasteiger partial charge on any atom is -0.335 e. The average molecular weight is 270 g/mol. The minimum atomic E-state index is -0.00233. The number of nitriles is 2. The van der Waals surface area contributed by atoms with Crippen molar-refractivity contribution >= 4 is 22.6 Å². The van der Waals surface area contributed by atoms with Crippen molar-refractivity contribution in [3.63, 3.8) is 0 Å². The lowest BCUT2D eigenvalue weighted by atomic mass is 10.0. The predicted octanol–water partition coefficient (Wildman–Crippen LogP) is 3.11. The second-order valence-corrected chi connectivity index (χ2v) is 5.63. The number of amidine groups is 1. The maximum Gasteiger partial charge on any atom is 0.161 e. The summed E-state index contributed by atoms with van der Waals surface area (Å²) >= 11 is 1.68. The van der Waals surface area contributed by atoms with Crippen LogP contribution in [0.2, 0.25) is 0 Å². The summed E-state index contributed by atoms with van der Waals surface area (Å²) in [5.74, 6) is 0.965. The lowest BCUT2D eigenvalue weighted by Gasteiger charge is -2.15. The van der Waals surface area contributed by atoms with Crippen LogP contribution in [-0.4, -0.2) is 16.5 Å². The number of aliphatic imine (C=N–C) groups is 1. The number of hydrogen-bond acceptors (Lipinski definition) is 5. The molecule has 1 aliphatic heterocycles. The van der Waals surface area contributed by atoms with Gasteiger partial charge in [0, 0.05) is 11.4 Å². The first-order valence-corrected chi connectivity index (χ1v) is 7.03. The van der Waals surface area contributed by atoms with Gasteiger partial charge in [-0.15, -0.1) is 0 Å². The normalized spacial score (nSPS) is 21.4. The summed E-state index contributed by atoms with van der Waals surface area (Å²) in [5.41, 5.74) is 1.57. The first kappa shape index (κ1) is 13.5. The zero-order valence-corrected chi connectivity index (χ0v) is 11.7. The third kappa shape index (κ3) is 2.89. The zero-order chi connectivity index (χ0) is 13.9. The lowest BCUT2D eigenvalue weighted by molar-refractivity contribution is 0.523. The van der Waals surface area contributed by atoms with E-state index in [2.05, 4.69) is 24.2 Å². The Balaban J connectivity index is 2.20. The molecule has 1 heterocycles. The van der Waals surface area contributed by atoms with Crippen LogP contribution >= 0.6 is 11.8 Å². The Hall–Kier alpha value is -1.98. The third-order valence-corrected chi connectivity index (χ3v) is 4.40. The molecule has 0 fully saturated rings. The summed E-state index contributed by atoms with van der Waals surface area (Å²) in [6.07, 6.45) is 1.00. The van der Waals surface area contributed by atoms with E-state index in [0.717, 1.165) is 23.0 Å². The Morgan fingerprint density at radius 1 is 1.37 bits per heavy atom. The van der Waals surface area contributed by atoms with E-state index >= 15 is 0 Å². The molecule has 1 aromatic rings. The fourth-order valence-corrected chi connectivity index (χ4v) is 2.91. The molecular formula is C14H14N4S. The molecule has 0 saturated heterocycles. The van der Waals surface area contributed by atoms with E-state index in [1.807, 2.05) is 12.1 Å². The molecule has 2 rings (SSSR count). The van der Waals surface area contributed by atoms with Crippen molar-refractivity contribution in [2.45, 2.75) is 25.8 Å². The van der Waals surface area contributed by atoms with Crippen LogP contribution in [0.25, 0.3) is 0 Å². The second-order valence-electron chi connectivity index (χ2n) is 4.67. The van der Waals surface area contributed by atoms with Crippen LogP contribution in [0.5, 0.6) is 0 Å². The van der Waals surface area contributed by atoms with Crippen molar-refractivity contribution in [1.82, 2.24) is 0 Å². The summed E-state index contributed by atoms with van der Waals surface area (Å²) in [6.45, 7) is 4.26. The van der Waals surface area contributed by atoms with Crippen LogP contribution in [-0.2, 0) is 0 Å². The quantitative estimate of drug-likeness (QED) is 0.896. The fourth-order valence-electron chi connectivity index (χ4n) is 1.71. The maximum atomic E-state index is 8.99. The first-order chi connectivity index (χ1) is 9.10. The Morgan fingerprint density at radius 3 is 2.68 bits per heavy atom. The highest BCUT2D eigenvalue weighted by atomic mass is 32.2. The molecule has 0 saturated carbocycles. The highest BCUT2D eigenvalue weighted by Gasteiger charge is 2.28. The molecule has 1 N–H and O–H groups in total. The molecule has 1 aromatic carbocycles. The number of benzene rings is 1. The minimum absolute atomic E-state index is 0.00233. The summed E-state index contributed by atoms with van der Waals surface area (Å²) in [5, 5.41) is 21.9. The average Bonchev–Trinajstić information content (AvgIpc) is 2.81. The van der Waals surface area contributed by atoms with E-state index in [0.29, 0.717) is 11.1 Å². The molecule has 96 valence electrons. The van der Waals surface area contributed by atoms with Gasteiger partial charge in [-0.25, -0.2) is 0 Å². The van der Waals surface area contributed by atoms with E-state index in [-0.39, 0.29) is 5.54 Å². The van der Waals surface area contributed by atoms with Gasteiger partial charge in [-0.1, -0.05) is 18.7 Å². The van der Waals surface area contributed by atoms with Gasteiger partial charge in [0.1, 0.15) is 12.1 Å². The Labute approximate surface area is 117 Å². The van der Waals surface area contributed by atoms with Crippen molar-refractivity contribution in [2.24, 2.45) is 4.99 Å². The number of rotatable bonds is 2. The second kappa shape index (κ2) is 5.34. The highest BCUT2D eigenvalue weighted by Crippen LogP contribution is 2.30. The molecule has 19 heavy (non-hydrogen) atoms. The summed E-state index contributed by atoms with van der Waals surface area (Å²) < 4.78 is 0. The van der Waals surface area contributed by atoms with Gasteiger partial charge in [0.2, 0.25) is 0 Å². The monoisotopic (exact) mass is 270 g/mol. The molecule has 0 amide bonds. The van der Waals surface area contributed by atoms with Gasteiger partial charge in [0.05, 0.1) is 16.7 Å². The molecule has 1 unspecified atom stereocenters. The molecular weight excluding hydrogens is 256 g/mol. The number of nitrogens with one attached hydrogen (secondary N) is 1. The Bertz CT molecular complexity index is 609. The molecule has 5 heteroatoms. The van der Waals surface area contributed by atoms with E-state index < -0.39 is 0 Å². The summed E-state index contributed by atoms with van der Waals surface area (Å²) in [7, 11) is 0. The maximum absolute atomic E-state index is 8.99. The first-order valence-electron chi connectivity index (χ1n) is 6.04. The van der Waals surface area contributed by atoms with Crippen LogP contribution in [0.4, 0.5) is 5.69 Å². The number of anilines is 1. The van der Waals surface area contributed by atoms with Crippen molar-refractivity contribution in [1.29, 1.82) is 10.5 Å². The molecule has 0 bridgehead atoms.